The van der Waals surface area contributed by atoms with Crippen LogP contribution in [-0.4, -0.2) is 18.1 Å². The van der Waals surface area contributed by atoms with Crippen LogP contribution in [0.3, 0.4) is 0 Å². The Morgan fingerprint density at radius 3 is 2.39 bits per heavy atom. The summed E-state index contributed by atoms with van der Waals surface area (Å²) in [6.45, 7) is 4.16. The summed E-state index contributed by atoms with van der Waals surface area (Å²) in [7, 11) is 1.83. The summed E-state index contributed by atoms with van der Waals surface area (Å²) in [5.74, 6) is 0.703. The van der Waals surface area contributed by atoms with Crippen LogP contribution in [0, 0.1) is 6.92 Å². The Morgan fingerprint density at radius 2 is 1.89 bits per heavy atom. The van der Waals surface area contributed by atoms with Crippen molar-refractivity contribution >= 4 is 17.1 Å². The van der Waals surface area contributed by atoms with Gasteiger partial charge in [0.15, 0.2) is 0 Å². The summed E-state index contributed by atoms with van der Waals surface area (Å²) in [4.78, 5) is 0.988. The van der Waals surface area contributed by atoms with Gasteiger partial charge in [0.05, 0.1) is 6.10 Å². The second kappa shape index (κ2) is 5.94. The van der Waals surface area contributed by atoms with Crippen molar-refractivity contribution in [3.63, 3.8) is 0 Å². The molecule has 1 fully saturated rings. The quantitative estimate of drug-likeness (QED) is 0.589. The second-order valence-electron chi connectivity index (χ2n) is 5.34. The lowest BCUT2D eigenvalue weighted by Crippen LogP contribution is -2.19. The Kier molecular flexibility index (Phi) is 4.52. The van der Waals surface area contributed by atoms with Crippen molar-refractivity contribution in [2.24, 2.45) is 0 Å². The van der Waals surface area contributed by atoms with Gasteiger partial charge in [0.1, 0.15) is 0 Å². The van der Waals surface area contributed by atoms with Crippen molar-refractivity contribution in [1.29, 1.82) is 0 Å². The number of ether oxygens (including phenoxy) is 1. The van der Waals surface area contributed by atoms with Gasteiger partial charge in [-0.15, -0.1) is 0 Å². The van der Waals surface area contributed by atoms with Crippen molar-refractivity contribution in [2.75, 3.05) is 7.11 Å². The molecule has 0 radical (unpaired) electrons. The van der Waals surface area contributed by atoms with E-state index in [2.05, 4.69) is 25.1 Å². The fraction of sp³-hybridized carbons (Fsp3) is 0.562. The van der Waals surface area contributed by atoms with E-state index in [0.717, 1.165) is 4.86 Å². The van der Waals surface area contributed by atoms with Crippen LogP contribution < -0.4 is 0 Å². The van der Waals surface area contributed by atoms with Gasteiger partial charge in [0.2, 0.25) is 0 Å². The molecule has 0 aliphatic heterocycles. The molecule has 1 aliphatic carbocycles. The maximum Gasteiger partial charge on any atom is 0.0571 e. The molecule has 0 saturated heterocycles. The van der Waals surface area contributed by atoms with Gasteiger partial charge in [-0.1, -0.05) is 30.4 Å². The molecule has 0 heterocycles. The molecule has 1 nitrogen and oxygen atoms in total. The lowest BCUT2D eigenvalue weighted by Gasteiger charge is -2.28. The Labute approximate surface area is 116 Å². The Bertz CT molecular complexity index is 431. The molecule has 1 aromatic carbocycles. The largest absolute Gasteiger partial charge is 0.381 e. The number of benzene rings is 1. The average Bonchev–Trinajstić information content (AvgIpc) is 2.38. The second-order valence-corrected chi connectivity index (χ2v) is 5.95. The molecule has 0 spiro atoms. The minimum atomic E-state index is 0.477. The minimum absolute atomic E-state index is 0.477. The van der Waals surface area contributed by atoms with E-state index in [1.807, 2.05) is 14.0 Å². The molecule has 0 N–H and O–H groups in total. The maximum absolute atomic E-state index is 5.43. The van der Waals surface area contributed by atoms with Gasteiger partial charge in [-0.05, 0) is 62.1 Å². The van der Waals surface area contributed by atoms with E-state index in [1.54, 1.807) is 0 Å². The molecular weight excluding hydrogens is 240 g/mol. The zero-order valence-corrected chi connectivity index (χ0v) is 12.3. The molecule has 1 saturated carbocycles. The van der Waals surface area contributed by atoms with Crippen LogP contribution in [0.4, 0.5) is 0 Å². The van der Waals surface area contributed by atoms with Crippen molar-refractivity contribution in [3.05, 3.63) is 34.9 Å². The molecular formula is C16H22OS. The van der Waals surface area contributed by atoms with Crippen LogP contribution in [0.1, 0.15) is 55.2 Å². The summed E-state index contributed by atoms with van der Waals surface area (Å²) in [6.07, 6.45) is 5.34. The number of methoxy groups -OCH3 is 1. The molecule has 98 valence electrons. The summed E-state index contributed by atoms with van der Waals surface area (Å²) in [5.41, 5.74) is 4.01. The highest BCUT2D eigenvalue weighted by atomic mass is 32.1. The average molecular weight is 262 g/mol. The Balaban J connectivity index is 2.11. The zero-order chi connectivity index (χ0) is 13.1. The third kappa shape index (κ3) is 2.99. The minimum Gasteiger partial charge on any atom is -0.381 e. The highest BCUT2D eigenvalue weighted by molar-refractivity contribution is 7.80. The van der Waals surface area contributed by atoms with E-state index < -0.39 is 0 Å². The predicted molar refractivity (Wildman–Crippen MR) is 80.6 cm³/mol. The highest BCUT2D eigenvalue weighted by Gasteiger charge is 2.22. The summed E-state index contributed by atoms with van der Waals surface area (Å²) in [5, 5.41) is 0. The van der Waals surface area contributed by atoms with Gasteiger partial charge < -0.3 is 4.74 Å². The normalized spacial score (nSPS) is 23.9. The fourth-order valence-electron chi connectivity index (χ4n) is 2.97. The number of thiocarbonyl (C=S) groups is 1. The third-order valence-corrected chi connectivity index (χ3v) is 4.33. The predicted octanol–water partition coefficient (Wildman–Crippen LogP) is 4.41. The van der Waals surface area contributed by atoms with Crippen LogP contribution in [0.2, 0.25) is 0 Å². The highest BCUT2D eigenvalue weighted by Crippen LogP contribution is 2.34. The molecule has 0 atom stereocenters. The number of rotatable bonds is 3. The van der Waals surface area contributed by atoms with Crippen molar-refractivity contribution in [2.45, 2.75) is 51.6 Å². The van der Waals surface area contributed by atoms with Crippen molar-refractivity contribution in [1.82, 2.24) is 0 Å². The van der Waals surface area contributed by atoms with Gasteiger partial charge in [-0.2, -0.15) is 0 Å². The fourth-order valence-corrected chi connectivity index (χ4v) is 3.20. The molecule has 1 aliphatic rings. The topological polar surface area (TPSA) is 9.23 Å². The lowest BCUT2D eigenvalue weighted by molar-refractivity contribution is 0.0658. The van der Waals surface area contributed by atoms with Gasteiger partial charge in [0.25, 0.3) is 0 Å². The summed E-state index contributed by atoms with van der Waals surface area (Å²) in [6, 6.07) is 6.77. The van der Waals surface area contributed by atoms with Crippen molar-refractivity contribution < 1.29 is 4.74 Å². The van der Waals surface area contributed by atoms with Gasteiger partial charge in [0, 0.05) is 12.0 Å². The Hall–Kier alpha value is -0.730. The van der Waals surface area contributed by atoms with E-state index in [-0.39, 0.29) is 0 Å². The molecule has 0 bridgehead atoms. The summed E-state index contributed by atoms with van der Waals surface area (Å²) < 4.78 is 5.43. The Morgan fingerprint density at radius 1 is 1.22 bits per heavy atom. The van der Waals surface area contributed by atoms with Crippen LogP contribution in [0.5, 0.6) is 0 Å². The van der Waals surface area contributed by atoms with Gasteiger partial charge in [-0.25, -0.2) is 0 Å². The molecule has 0 aromatic heterocycles. The molecule has 2 rings (SSSR count). The first-order valence-corrected chi connectivity index (χ1v) is 7.17. The maximum atomic E-state index is 5.43. The zero-order valence-electron chi connectivity index (χ0n) is 11.5. The van der Waals surface area contributed by atoms with Gasteiger partial charge in [-0.3, -0.25) is 0 Å². The number of hydrogen-bond acceptors (Lipinski definition) is 2. The monoisotopic (exact) mass is 262 g/mol. The molecule has 18 heavy (non-hydrogen) atoms. The van der Waals surface area contributed by atoms with E-state index in [1.165, 1.54) is 42.4 Å². The van der Waals surface area contributed by atoms with Gasteiger partial charge >= 0.3 is 0 Å². The molecule has 1 aromatic rings. The first-order valence-electron chi connectivity index (χ1n) is 6.76. The standard InChI is InChI=1S/C16H22OS/c1-11-10-14(6-9-16(11)12(2)18)13-4-7-15(17-3)8-5-13/h6,9-10,13,15H,4-5,7-8H2,1-3H3/t13-,15-. The first-order chi connectivity index (χ1) is 8.61. The lowest BCUT2D eigenvalue weighted by atomic mass is 9.82. The summed E-state index contributed by atoms with van der Waals surface area (Å²) >= 11 is 5.26. The number of hydrogen-bond donors (Lipinski definition) is 0. The van der Waals surface area contributed by atoms with Crippen LogP contribution in [0.25, 0.3) is 0 Å². The van der Waals surface area contributed by atoms with Crippen LogP contribution in [-0.2, 0) is 4.74 Å². The molecule has 2 heteroatoms. The molecule has 0 unspecified atom stereocenters. The smallest absolute Gasteiger partial charge is 0.0571 e. The molecule has 0 amide bonds. The van der Waals surface area contributed by atoms with Crippen LogP contribution in [0.15, 0.2) is 18.2 Å². The van der Waals surface area contributed by atoms with Crippen molar-refractivity contribution in [3.8, 4) is 0 Å². The van der Waals surface area contributed by atoms with E-state index in [4.69, 9.17) is 17.0 Å². The van der Waals surface area contributed by atoms with E-state index in [9.17, 15) is 0 Å². The number of aryl methyl sites for hydroxylation is 1. The first kappa shape index (κ1) is 13.7. The third-order valence-electron chi connectivity index (χ3n) is 4.11. The van der Waals surface area contributed by atoms with E-state index in [0.29, 0.717) is 12.0 Å². The van der Waals surface area contributed by atoms with E-state index >= 15 is 0 Å². The van der Waals surface area contributed by atoms with Crippen LogP contribution >= 0.6 is 12.2 Å². The SMILES string of the molecule is CO[C@H]1CC[C@H](c2ccc(C(C)=S)c(C)c2)CC1.